The summed E-state index contributed by atoms with van der Waals surface area (Å²) in [5, 5.41) is 10.4. The molecular weight excluding hydrogens is 580 g/mol. The van der Waals surface area contributed by atoms with Gasteiger partial charge in [0.25, 0.3) is 5.91 Å². The van der Waals surface area contributed by atoms with Crippen LogP contribution in [0.4, 0.5) is 5.69 Å². The number of alkyl halides is 1. The summed E-state index contributed by atoms with van der Waals surface area (Å²) in [6.45, 7) is 9.41. The van der Waals surface area contributed by atoms with Crippen LogP contribution in [0.2, 0.25) is 5.02 Å². The molecule has 3 aliphatic rings. The number of ether oxygens (including phenoxy) is 1. The molecule has 3 heterocycles. The van der Waals surface area contributed by atoms with Crippen molar-refractivity contribution in [2.24, 2.45) is 11.8 Å². The summed E-state index contributed by atoms with van der Waals surface area (Å²) in [6.07, 6.45) is 5.34. The van der Waals surface area contributed by atoms with E-state index in [1.54, 1.807) is 60.0 Å². The van der Waals surface area contributed by atoms with Gasteiger partial charge in [-0.1, -0.05) is 39.7 Å². The van der Waals surface area contributed by atoms with E-state index in [2.05, 4.69) is 29.1 Å². The first-order valence-corrected chi connectivity index (χ1v) is 14.6. The van der Waals surface area contributed by atoms with Gasteiger partial charge < -0.3 is 19.6 Å². The zero-order valence-corrected chi connectivity index (χ0v) is 23.9. The molecule has 0 aliphatic carbocycles. The van der Waals surface area contributed by atoms with Gasteiger partial charge in [0.15, 0.2) is 0 Å². The standard InChI is InChI=1S/C27H32BrClN2O5S/c1-4-6-7-13-36-26(35)20-21-24(33)31(16(3)15-32)23(27(21)14-19(28)22(20)37-27)25(34)30(12-5-2)18-10-8-17(29)9-11-18/h4-5,8-11,16,19-23,32H,1-2,6-7,12-15H2,3H3/t16-,19?,20+,21+,22+,23?,27?/m1/s1. The number of fused-ring (bicyclic) bond motifs is 1. The van der Waals surface area contributed by atoms with Gasteiger partial charge in [0.05, 0.1) is 35.8 Å². The molecule has 0 radical (unpaired) electrons. The van der Waals surface area contributed by atoms with E-state index in [1.165, 1.54) is 4.90 Å². The highest BCUT2D eigenvalue weighted by Gasteiger charge is 2.76. The largest absolute Gasteiger partial charge is 0.465 e. The highest BCUT2D eigenvalue weighted by atomic mass is 79.9. The Kier molecular flexibility index (Phi) is 8.78. The van der Waals surface area contributed by atoms with Crippen LogP contribution in [0.15, 0.2) is 49.6 Å². The number of benzene rings is 1. The second-order valence-corrected chi connectivity index (χ2v) is 12.9. The van der Waals surface area contributed by atoms with Gasteiger partial charge >= 0.3 is 5.97 Å². The molecule has 7 nitrogen and oxygen atoms in total. The van der Waals surface area contributed by atoms with Crippen molar-refractivity contribution in [3.63, 3.8) is 0 Å². The first-order valence-electron chi connectivity index (χ1n) is 12.4. The van der Waals surface area contributed by atoms with Crippen molar-refractivity contribution in [3.8, 4) is 0 Å². The second-order valence-electron chi connectivity index (χ2n) is 9.75. The van der Waals surface area contributed by atoms with E-state index in [0.717, 1.165) is 6.42 Å². The fourth-order valence-corrected chi connectivity index (χ4v) is 9.60. The zero-order chi connectivity index (χ0) is 26.9. The Morgan fingerprint density at radius 2 is 2.05 bits per heavy atom. The van der Waals surface area contributed by atoms with Crippen LogP contribution in [0.3, 0.4) is 0 Å². The summed E-state index contributed by atoms with van der Waals surface area (Å²) < 4.78 is 4.78. The third-order valence-electron chi connectivity index (χ3n) is 7.49. The predicted octanol–water partition coefficient (Wildman–Crippen LogP) is 4.21. The summed E-state index contributed by atoms with van der Waals surface area (Å²) in [6, 6.07) is 5.46. The summed E-state index contributed by atoms with van der Waals surface area (Å²) in [5.41, 5.74) is 0.629. The SMILES string of the molecule is C=CCCCOC(=O)[C@H]1[C@H]2C(=O)N([C@H](C)CO)C(C(=O)N(CC=C)c3ccc(Cl)cc3)C23CC(Br)[C@@H]1S3. The zero-order valence-electron chi connectivity index (χ0n) is 20.7. The topological polar surface area (TPSA) is 87.1 Å². The lowest BCUT2D eigenvalue weighted by Crippen LogP contribution is -2.57. The molecule has 4 rings (SSSR count). The maximum absolute atomic E-state index is 14.4. The number of halogens is 2. The Balaban J connectivity index is 1.74. The van der Waals surface area contributed by atoms with E-state index in [-0.39, 0.29) is 41.6 Å². The predicted molar refractivity (Wildman–Crippen MR) is 150 cm³/mol. The molecule has 3 fully saturated rings. The number of aliphatic hydroxyl groups is 1. The van der Waals surface area contributed by atoms with E-state index in [9.17, 15) is 19.5 Å². The number of amides is 2. The molecule has 3 saturated heterocycles. The number of carbonyl (C=O) groups is 3. The van der Waals surface area contributed by atoms with Crippen molar-refractivity contribution in [1.82, 2.24) is 4.90 Å². The molecule has 37 heavy (non-hydrogen) atoms. The van der Waals surface area contributed by atoms with Crippen molar-refractivity contribution in [2.45, 2.75) is 53.1 Å². The molecule has 200 valence electrons. The number of hydrogen-bond donors (Lipinski definition) is 1. The van der Waals surface area contributed by atoms with Crippen molar-refractivity contribution in [1.29, 1.82) is 0 Å². The minimum Gasteiger partial charge on any atom is -0.465 e. The van der Waals surface area contributed by atoms with E-state index >= 15 is 0 Å². The summed E-state index contributed by atoms with van der Waals surface area (Å²) in [7, 11) is 0. The van der Waals surface area contributed by atoms with Gasteiger partial charge in [-0.2, -0.15) is 0 Å². The maximum atomic E-state index is 14.4. The highest BCUT2D eigenvalue weighted by Crippen LogP contribution is 2.68. The van der Waals surface area contributed by atoms with Crippen LogP contribution in [0, 0.1) is 11.8 Å². The number of rotatable bonds is 11. The van der Waals surface area contributed by atoms with Crippen molar-refractivity contribution in [2.75, 3.05) is 24.7 Å². The highest BCUT2D eigenvalue weighted by molar-refractivity contribution is 9.09. The first kappa shape index (κ1) is 28.2. The van der Waals surface area contributed by atoms with E-state index in [1.807, 2.05) is 0 Å². The Bertz CT molecular complexity index is 1070. The van der Waals surface area contributed by atoms with Gasteiger partial charge in [-0.05, 0) is 50.5 Å². The molecule has 0 saturated carbocycles. The van der Waals surface area contributed by atoms with E-state index in [4.69, 9.17) is 16.3 Å². The third-order valence-corrected chi connectivity index (χ3v) is 11.0. The van der Waals surface area contributed by atoms with Gasteiger partial charge in [-0.25, -0.2) is 0 Å². The normalized spacial score (nSPS) is 30.6. The van der Waals surface area contributed by atoms with Crippen molar-refractivity contribution < 1.29 is 24.2 Å². The minimum absolute atomic E-state index is 0.0599. The molecule has 3 unspecified atom stereocenters. The van der Waals surface area contributed by atoms with E-state index < -0.39 is 34.6 Å². The Morgan fingerprint density at radius 3 is 2.68 bits per heavy atom. The number of anilines is 1. The Labute approximate surface area is 235 Å². The molecule has 3 aliphatic heterocycles. The molecule has 0 aromatic heterocycles. The summed E-state index contributed by atoms with van der Waals surface area (Å²) >= 11 is 11.4. The fraction of sp³-hybridized carbons (Fsp3) is 0.519. The minimum atomic E-state index is -0.864. The van der Waals surface area contributed by atoms with Crippen LogP contribution in [0.5, 0.6) is 0 Å². The van der Waals surface area contributed by atoms with Crippen LogP contribution in [0.1, 0.15) is 26.2 Å². The Hall–Kier alpha value is -1.81. The monoisotopic (exact) mass is 610 g/mol. The molecule has 1 spiro atoms. The summed E-state index contributed by atoms with van der Waals surface area (Å²) in [5.74, 6) is -2.34. The van der Waals surface area contributed by atoms with Crippen LogP contribution in [0.25, 0.3) is 0 Å². The molecule has 1 aromatic rings. The van der Waals surface area contributed by atoms with Crippen molar-refractivity contribution >= 4 is 62.8 Å². The number of carbonyl (C=O) groups excluding carboxylic acids is 3. The first-order chi connectivity index (χ1) is 17.7. The lowest BCUT2D eigenvalue weighted by molar-refractivity contribution is -0.154. The lowest BCUT2D eigenvalue weighted by Gasteiger charge is -2.39. The molecule has 2 bridgehead atoms. The molecule has 2 amide bonds. The molecular formula is C27H32BrClN2O5S. The number of nitrogens with zero attached hydrogens (tertiary/aromatic N) is 2. The molecule has 1 N–H and O–H groups in total. The number of unbranched alkanes of at least 4 members (excludes halogenated alkanes) is 1. The van der Waals surface area contributed by atoms with E-state index in [0.29, 0.717) is 23.6 Å². The van der Waals surface area contributed by atoms with Crippen LogP contribution >= 0.6 is 39.3 Å². The van der Waals surface area contributed by atoms with Gasteiger partial charge in [0.2, 0.25) is 5.91 Å². The average Bonchev–Trinajstić information content (AvgIpc) is 3.48. The number of hydrogen-bond acceptors (Lipinski definition) is 6. The quantitative estimate of drug-likeness (QED) is 0.175. The lowest BCUT2D eigenvalue weighted by atomic mass is 9.71. The average molecular weight is 612 g/mol. The summed E-state index contributed by atoms with van der Waals surface area (Å²) in [4.78, 5) is 44.7. The number of allylic oxidation sites excluding steroid dienone is 1. The molecule has 1 aromatic carbocycles. The van der Waals surface area contributed by atoms with Crippen molar-refractivity contribution in [3.05, 3.63) is 54.6 Å². The van der Waals surface area contributed by atoms with Gasteiger partial charge in [-0.15, -0.1) is 24.9 Å². The molecule has 7 atom stereocenters. The number of esters is 1. The van der Waals surface area contributed by atoms with Crippen LogP contribution in [-0.4, -0.2) is 74.5 Å². The third kappa shape index (κ3) is 4.88. The van der Waals surface area contributed by atoms with Crippen LogP contribution in [-0.2, 0) is 19.1 Å². The van der Waals surface area contributed by atoms with Gasteiger partial charge in [-0.3, -0.25) is 14.4 Å². The van der Waals surface area contributed by atoms with Gasteiger partial charge in [0, 0.05) is 27.3 Å². The number of likely N-dealkylation sites (tertiary alicyclic amines) is 1. The number of aliphatic hydroxyl groups excluding tert-OH is 1. The smallest absolute Gasteiger partial charge is 0.310 e. The fourth-order valence-electron chi connectivity index (χ4n) is 5.90. The maximum Gasteiger partial charge on any atom is 0.310 e. The van der Waals surface area contributed by atoms with Gasteiger partial charge in [0.1, 0.15) is 6.04 Å². The van der Waals surface area contributed by atoms with Crippen LogP contribution < -0.4 is 4.90 Å². The second kappa shape index (κ2) is 11.5. The molecule has 10 heteroatoms. The number of thioether (sulfide) groups is 1. The Morgan fingerprint density at radius 1 is 1.35 bits per heavy atom.